The zero-order valence-corrected chi connectivity index (χ0v) is 19.3. The molecule has 0 saturated carbocycles. The third-order valence-corrected chi connectivity index (χ3v) is 6.54. The van der Waals surface area contributed by atoms with E-state index in [4.69, 9.17) is 4.74 Å². The minimum atomic E-state index is -0.564. The van der Waals surface area contributed by atoms with Crippen molar-refractivity contribution >= 4 is 22.7 Å². The Balaban J connectivity index is 1.28. The van der Waals surface area contributed by atoms with Crippen LogP contribution in [0.4, 0.5) is 0 Å². The van der Waals surface area contributed by atoms with Gasteiger partial charge in [0, 0.05) is 44.8 Å². The molecule has 0 radical (unpaired) electrons. The molecule has 10 nitrogen and oxygen atoms in total. The number of amides is 2. The Hall–Kier alpha value is -3.76. The van der Waals surface area contributed by atoms with Gasteiger partial charge in [-0.15, -0.1) is 0 Å². The highest BCUT2D eigenvalue weighted by Gasteiger charge is 2.26. The number of hydrogen-bond donors (Lipinski definition) is 1. The summed E-state index contributed by atoms with van der Waals surface area (Å²) < 4.78 is 6.41. The lowest BCUT2D eigenvalue weighted by Crippen LogP contribution is -2.53. The highest BCUT2D eigenvalue weighted by molar-refractivity contribution is 5.97. The Bertz CT molecular complexity index is 1350. The summed E-state index contributed by atoms with van der Waals surface area (Å²) in [7, 11) is 0. The minimum Gasteiger partial charge on any atom is -0.379 e. The predicted octanol–water partition coefficient (Wildman–Crippen LogP) is 0.296. The Kier molecular flexibility index (Phi) is 6.47. The number of carbonyl (C=O) groups is 2. The lowest BCUT2D eigenvalue weighted by molar-refractivity contribution is -0.134. The molecule has 0 unspecified atom stereocenters. The molecule has 0 spiro atoms. The second-order valence-corrected chi connectivity index (χ2v) is 8.73. The maximum atomic E-state index is 13.1. The first kappa shape index (κ1) is 23.0. The van der Waals surface area contributed by atoms with E-state index >= 15 is 0 Å². The largest absolute Gasteiger partial charge is 0.379 e. The number of piperazine rings is 1. The van der Waals surface area contributed by atoms with Crippen molar-refractivity contribution in [3.05, 3.63) is 74.9 Å². The lowest BCUT2D eigenvalue weighted by Gasteiger charge is -2.36. The van der Waals surface area contributed by atoms with Crippen LogP contribution < -0.4 is 11.2 Å². The number of nitrogens with zero attached hydrogens (tertiary/aromatic N) is 4. The molecule has 3 aromatic rings. The van der Waals surface area contributed by atoms with Gasteiger partial charge in [0.2, 0.25) is 5.91 Å². The van der Waals surface area contributed by atoms with Crippen LogP contribution in [0.5, 0.6) is 0 Å². The third-order valence-electron chi connectivity index (χ3n) is 6.54. The summed E-state index contributed by atoms with van der Waals surface area (Å²) in [4.78, 5) is 59.7. The highest BCUT2D eigenvalue weighted by Crippen LogP contribution is 2.14. The molecule has 182 valence electrons. The van der Waals surface area contributed by atoms with Crippen LogP contribution in [0.15, 0.2) is 58.1 Å². The van der Waals surface area contributed by atoms with E-state index < -0.39 is 11.2 Å². The number of fused-ring (bicyclic) bond motifs is 1. The van der Waals surface area contributed by atoms with Gasteiger partial charge >= 0.3 is 5.69 Å². The molecule has 1 aromatic heterocycles. The second kappa shape index (κ2) is 9.85. The smallest absolute Gasteiger partial charge is 0.333 e. The fourth-order valence-electron chi connectivity index (χ4n) is 4.55. The van der Waals surface area contributed by atoms with Crippen molar-refractivity contribution in [1.82, 2.24) is 24.3 Å². The maximum Gasteiger partial charge on any atom is 0.333 e. The molecule has 35 heavy (non-hydrogen) atoms. The van der Waals surface area contributed by atoms with Gasteiger partial charge in [-0.25, -0.2) is 9.36 Å². The standard InChI is InChI=1S/C25H27N5O5/c31-22(17-27-12-14-35-15-13-27)28-8-10-29(11-9-28)23(32)18-6-7-20-21(16-18)26-25(34)30(24(20)33)19-4-2-1-3-5-19/h1-7,16H,8-15,17H2,(H,26,34). The number of H-pyrrole nitrogens is 1. The van der Waals surface area contributed by atoms with E-state index in [0.29, 0.717) is 68.1 Å². The van der Waals surface area contributed by atoms with E-state index in [1.54, 1.807) is 52.3 Å². The van der Waals surface area contributed by atoms with Crippen molar-refractivity contribution in [2.45, 2.75) is 0 Å². The molecule has 0 bridgehead atoms. The van der Waals surface area contributed by atoms with E-state index in [1.165, 1.54) is 0 Å². The molecule has 5 rings (SSSR count). The van der Waals surface area contributed by atoms with E-state index in [1.807, 2.05) is 6.07 Å². The SMILES string of the molecule is O=C(CN1CCOCC1)N1CCN(C(=O)c2ccc3c(=O)n(-c4ccccc4)c(=O)[nH]c3c2)CC1. The molecule has 10 heteroatoms. The number of benzene rings is 2. The van der Waals surface area contributed by atoms with Gasteiger partial charge in [-0.3, -0.25) is 19.3 Å². The van der Waals surface area contributed by atoms with Gasteiger partial charge < -0.3 is 19.5 Å². The normalized spacial score (nSPS) is 17.0. The van der Waals surface area contributed by atoms with Crippen LogP contribution in [-0.2, 0) is 9.53 Å². The molecular formula is C25H27N5O5. The number of hydrogen-bond acceptors (Lipinski definition) is 6. The minimum absolute atomic E-state index is 0.0666. The molecule has 2 amide bonds. The summed E-state index contributed by atoms with van der Waals surface area (Å²) in [6.45, 7) is 4.97. The van der Waals surface area contributed by atoms with Gasteiger partial charge in [-0.1, -0.05) is 18.2 Å². The van der Waals surface area contributed by atoms with Crippen LogP contribution in [0.25, 0.3) is 16.6 Å². The van der Waals surface area contributed by atoms with Crippen LogP contribution in [0.1, 0.15) is 10.4 Å². The summed E-state index contributed by atoms with van der Waals surface area (Å²) in [6.07, 6.45) is 0. The summed E-state index contributed by atoms with van der Waals surface area (Å²) in [6, 6.07) is 13.4. The number of rotatable bonds is 4. The number of nitrogens with one attached hydrogen (secondary N) is 1. The number of aromatic nitrogens is 2. The molecule has 2 saturated heterocycles. The van der Waals surface area contributed by atoms with E-state index in [2.05, 4.69) is 9.88 Å². The Labute approximate surface area is 201 Å². The molecular weight excluding hydrogens is 450 g/mol. The third kappa shape index (κ3) is 4.75. The Morgan fingerprint density at radius 2 is 1.54 bits per heavy atom. The first-order valence-corrected chi connectivity index (χ1v) is 11.7. The Morgan fingerprint density at radius 3 is 2.26 bits per heavy atom. The van der Waals surface area contributed by atoms with Gasteiger partial charge in [-0.2, -0.15) is 0 Å². The fraction of sp³-hybridized carbons (Fsp3) is 0.360. The van der Waals surface area contributed by atoms with E-state index in [-0.39, 0.29) is 11.8 Å². The molecule has 2 aliphatic heterocycles. The first-order chi connectivity index (χ1) is 17.0. The number of ether oxygens (including phenoxy) is 1. The van der Waals surface area contributed by atoms with Gasteiger partial charge in [0.15, 0.2) is 0 Å². The van der Waals surface area contributed by atoms with Crippen molar-refractivity contribution < 1.29 is 14.3 Å². The van der Waals surface area contributed by atoms with E-state index in [9.17, 15) is 19.2 Å². The summed E-state index contributed by atoms with van der Waals surface area (Å²) in [5.41, 5.74) is 0.171. The first-order valence-electron chi connectivity index (χ1n) is 11.7. The average molecular weight is 478 g/mol. The molecule has 2 fully saturated rings. The molecule has 0 atom stereocenters. The lowest BCUT2D eigenvalue weighted by atomic mass is 10.1. The fourth-order valence-corrected chi connectivity index (χ4v) is 4.55. The van der Waals surface area contributed by atoms with Crippen LogP contribution in [0.2, 0.25) is 0 Å². The quantitative estimate of drug-likeness (QED) is 0.579. The predicted molar refractivity (Wildman–Crippen MR) is 130 cm³/mol. The summed E-state index contributed by atoms with van der Waals surface area (Å²) in [5, 5.41) is 0.323. The molecule has 2 aromatic carbocycles. The van der Waals surface area contributed by atoms with Gasteiger partial charge in [0.05, 0.1) is 36.3 Å². The topological polar surface area (TPSA) is 108 Å². The van der Waals surface area contributed by atoms with Crippen molar-refractivity contribution in [2.24, 2.45) is 0 Å². The zero-order valence-electron chi connectivity index (χ0n) is 19.3. The van der Waals surface area contributed by atoms with Crippen molar-refractivity contribution in [3.8, 4) is 5.69 Å². The second-order valence-electron chi connectivity index (χ2n) is 8.73. The van der Waals surface area contributed by atoms with Gasteiger partial charge in [-0.05, 0) is 30.3 Å². The zero-order chi connectivity index (χ0) is 24.4. The molecule has 1 N–H and O–H groups in total. The summed E-state index contributed by atoms with van der Waals surface area (Å²) >= 11 is 0. The van der Waals surface area contributed by atoms with Crippen LogP contribution in [0.3, 0.4) is 0 Å². The molecule has 0 aliphatic carbocycles. The monoisotopic (exact) mass is 477 g/mol. The van der Waals surface area contributed by atoms with Crippen LogP contribution in [0, 0.1) is 0 Å². The molecule has 3 heterocycles. The number of morpholine rings is 1. The summed E-state index contributed by atoms with van der Waals surface area (Å²) in [5.74, 6) is -0.128. The van der Waals surface area contributed by atoms with Crippen molar-refractivity contribution in [2.75, 3.05) is 59.0 Å². The Morgan fingerprint density at radius 1 is 0.857 bits per heavy atom. The molecule has 2 aliphatic rings. The maximum absolute atomic E-state index is 13.1. The van der Waals surface area contributed by atoms with E-state index in [0.717, 1.165) is 17.7 Å². The highest BCUT2D eigenvalue weighted by atomic mass is 16.5. The van der Waals surface area contributed by atoms with Crippen LogP contribution >= 0.6 is 0 Å². The number of para-hydroxylation sites is 1. The number of aromatic amines is 1. The van der Waals surface area contributed by atoms with Gasteiger partial charge in [0.25, 0.3) is 11.5 Å². The number of carbonyl (C=O) groups excluding carboxylic acids is 2. The van der Waals surface area contributed by atoms with Crippen LogP contribution in [-0.4, -0.2) is 95.1 Å². The van der Waals surface area contributed by atoms with Gasteiger partial charge in [0.1, 0.15) is 0 Å². The van der Waals surface area contributed by atoms with Crippen molar-refractivity contribution in [1.29, 1.82) is 0 Å². The average Bonchev–Trinajstić information content (AvgIpc) is 2.89. The van der Waals surface area contributed by atoms with Crippen molar-refractivity contribution in [3.63, 3.8) is 0 Å².